The molecule has 3 aromatic rings. The number of nitrogens with zero attached hydrogens (tertiary/aromatic N) is 5. The van der Waals surface area contributed by atoms with Crippen molar-refractivity contribution in [1.29, 1.82) is 0 Å². The fraction of sp³-hybridized carbons (Fsp3) is 0.500. The van der Waals surface area contributed by atoms with Gasteiger partial charge in [0.2, 0.25) is 11.8 Å². The number of hydrogen-bond donors (Lipinski definition) is 0. The Bertz CT molecular complexity index is 871. The number of hydrogen-bond acceptors (Lipinski definition) is 6. The molecule has 0 bridgehead atoms. The van der Waals surface area contributed by atoms with E-state index >= 15 is 0 Å². The Kier molecular flexibility index (Phi) is 4.27. The van der Waals surface area contributed by atoms with Crippen LogP contribution in [-0.2, 0) is 11.3 Å². The molecule has 132 valence electrons. The molecule has 7 nitrogen and oxygen atoms in total. The van der Waals surface area contributed by atoms with Crippen LogP contribution in [0, 0.1) is 13.8 Å². The molecule has 7 heteroatoms. The van der Waals surface area contributed by atoms with Gasteiger partial charge >= 0.3 is 0 Å². The van der Waals surface area contributed by atoms with Crippen molar-refractivity contribution in [3.8, 4) is 0 Å². The summed E-state index contributed by atoms with van der Waals surface area (Å²) in [7, 11) is 1.76. The van der Waals surface area contributed by atoms with Gasteiger partial charge in [0.15, 0.2) is 0 Å². The second-order valence-corrected chi connectivity index (χ2v) is 6.56. The van der Waals surface area contributed by atoms with E-state index in [9.17, 15) is 0 Å². The molecule has 0 N–H and O–H groups in total. The summed E-state index contributed by atoms with van der Waals surface area (Å²) in [6, 6.07) is 8.37. The molecular weight excluding hydrogens is 318 g/mol. The van der Waals surface area contributed by atoms with Crippen LogP contribution in [0.15, 0.2) is 28.7 Å². The number of likely N-dealkylation sites (tertiary alicyclic amines) is 1. The van der Waals surface area contributed by atoms with Crippen molar-refractivity contribution in [3.63, 3.8) is 0 Å². The molecule has 2 atom stereocenters. The fourth-order valence-electron chi connectivity index (χ4n) is 3.69. The minimum Gasteiger partial charge on any atom is -0.424 e. The van der Waals surface area contributed by atoms with E-state index in [1.54, 1.807) is 7.11 Å². The number of ether oxygens (including phenoxy) is 1. The standard InChI is InChI=1S/C18H23N5O2/c1-12-19-15-6-4-5-7-16(15)23(12)9-8-22-11-14(24-3)10-17(22)18-21-20-13(2)25-18/h4-7,14,17H,8-11H2,1-3H3/t14-,17-/m1/s1. The first-order chi connectivity index (χ1) is 12.2. The van der Waals surface area contributed by atoms with Crippen LogP contribution >= 0.6 is 0 Å². The Labute approximate surface area is 146 Å². The largest absolute Gasteiger partial charge is 0.424 e. The van der Waals surface area contributed by atoms with Crippen molar-refractivity contribution in [1.82, 2.24) is 24.6 Å². The van der Waals surface area contributed by atoms with Gasteiger partial charge < -0.3 is 13.7 Å². The van der Waals surface area contributed by atoms with Gasteiger partial charge in [-0.25, -0.2) is 4.98 Å². The van der Waals surface area contributed by atoms with Crippen LogP contribution in [0.4, 0.5) is 0 Å². The van der Waals surface area contributed by atoms with E-state index in [2.05, 4.69) is 49.8 Å². The average molecular weight is 341 g/mol. The van der Waals surface area contributed by atoms with Crippen molar-refractivity contribution in [2.24, 2.45) is 0 Å². The summed E-state index contributed by atoms with van der Waals surface area (Å²) in [6.45, 7) is 6.50. The van der Waals surface area contributed by atoms with Gasteiger partial charge in [-0.2, -0.15) is 0 Å². The fourth-order valence-corrected chi connectivity index (χ4v) is 3.69. The third kappa shape index (κ3) is 3.05. The Balaban J connectivity index is 1.54. The van der Waals surface area contributed by atoms with Gasteiger partial charge in [0.05, 0.1) is 23.2 Å². The number of para-hydroxylation sites is 2. The lowest BCUT2D eigenvalue weighted by Gasteiger charge is -2.22. The van der Waals surface area contributed by atoms with Gasteiger partial charge in [-0.1, -0.05) is 12.1 Å². The maximum absolute atomic E-state index is 5.68. The Morgan fingerprint density at radius 2 is 2.04 bits per heavy atom. The van der Waals surface area contributed by atoms with Crippen molar-refractivity contribution in [2.75, 3.05) is 20.2 Å². The minimum absolute atomic E-state index is 0.112. The summed E-state index contributed by atoms with van der Waals surface area (Å²) in [5.74, 6) is 2.32. The van der Waals surface area contributed by atoms with E-state index in [-0.39, 0.29) is 12.1 Å². The number of benzene rings is 1. The van der Waals surface area contributed by atoms with E-state index < -0.39 is 0 Å². The molecule has 1 aromatic carbocycles. The van der Waals surface area contributed by atoms with Crippen LogP contribution < -0.4 is 0 Å². The normalized spacial score (nSPS) is 21.4. The van der Waals surface area contributed by atoms with Crippen molar-refractivity contribution in [2.45, 2.75) is 39.0 Å². The van der Waals surface area contributed by atoms with Gasteiger partial charge in [0, 0.05) is 33.7 Å². The number of rotatable bonds is 5. The Morgan fingerprint density at radius 1 is 1.20 bits per heavy atom. The minimum atomic E-state index is 0.112. The van der Waals surface area contributed by atoms with Crippen LogP contribution in [0.25, 0.3) is 11.0 Å². The summed E-state index contributed by atoms with van der Waals surface area (Å²) in [5.41, 5.74) is 2.22. The Hall–Kier alpha value is -2.25. The SMILES string of the molecule is CO[C@@H]1C[C@H](c2nnc(C)o2)N(CCn2c(C)nc3ccccc32)C1. The third-order valence-electron chi connectivity index (χ3n) is 4.98. The lowest BCUT2D eigenvalue weighted by atomic mass is 10.2. The Morgan fingerprint density at radius 3 is 2.80 bits per heavy atom. The molecule has 0 unspecified atom stereocenters. The molecule has 0 spiro atoms. The van der Waals surface area contributed by atoms with Crippen LogP contribution in [0.2, 0.25) is 0 Å². The number of aromatic nitrogens is 4. The summed E-state index contributed by atoms with van der Waals surface area (Å²) >= 11 is 0. The predicted molar refractivity (Wildman–Crippen MR) is 93.2 cm³/mol. The van der Waals surface area contributed by atoms with E-state index in [0.717, 1.165) is 37.4 Å². The van der Waals surface area contributed by atoms with Crippen molar-refractivity contribution < 1.29 is 9.15 Å². The molecule has 0 saturated carbocycles. The molecular formula is C18H23N5O2. The van der Waals surface area contributed by atoms with E-state index in [1.807, 2.05) is 13.0 Å². The molecule has 25 heavy (non-hydrogen) atoms. The smallest absolute Gasteiger partial charge is 0.233 e. The first-order valence-corrected chi connectivity index (χ1v) is 8.64. The first-order valence-electron chi connectivity index (χ1n) is 8.64. The highest BCUT2D eigenvalue weighted by Gasteiger charge is 2.36. The molecule has 1 fully saturated rings. The second-order valence-electron chi connectivity index (χ2n) is 6.56. The van der Waals surface area contributed by atoms with Crippen LogP contribution in [0.1, 0.15) is 30.1 Å². The maximum atomic E-state index is 5.68. The highest BCUT2D eigenvalue weighted by Crippen LogP contribution is 2.32. The molecule has 0 amide bonds. The average Bonchev–Trinajstić information content (AvgIpc) is 3.29. The molecule has 1 saturated heterocycles. The van der Waals surface area contributed by atoms with Crippen molar-refractivity contribution >= 4 is 11.0 Å². The zero-order valence-electron chi connectivity index (χ0n) is 14.8. The lowest BCUT2D eigenvalue weighted by molar-refractivity contribution is 0.107. The molecule has 2 aromatic heterocycles. The van der Waals surface area contributed by atoms with Gasteiger partial charge in [-0.3, -0.25) is 4.90 Å². The highest BCUT2D eigenvalue weighted by molar-refractivity contribution is 5.75. The van der Waals surface area contributed by atoms with E-state index in [1.165, 1.54) is 5.52 Å². The quantitative estimate of drug-likeness (QED) is 0.710. The number of imidazole rings is 1. The maximum Gasteiger partial charge on any atom is 0.233 e. The summed E-state index contributed by atoms with van der Waals surface area (Å²) in [6.07, 6.45) is 1.07. The van der Waals surface area contributed by atoms with E-state index in [0.29, 0.717) is 11.8 Å². The number of fused-ring (bicyclic) bond motifs is 1. The summed E-state index contributed by atoms with van der Waals surface area (Å²) in [4.78, 5) is 7.02. The summed E-state index contributed by atoms with van der Waals surface area (Å²) < 4.78 is 13.5. The van der Waals surface area contributed by atoms with Crippen LogP contribution in [0.5, 0.6) is 0 Å². The third-order valence-corrected chi connectivity index (χ3v) is 4.98. The molecule has 1 aliphatic rings. The number of aryl methyl sites for hydroxylation is 2. The monoisotopic (exact) mass is 341 g/mol. The molecule has 4 rings (SSSR count). The van der Waals surface area contributed by atoms with Gasteiger partial charge in [-0.05, 0) is 25.5 Å². The van der Waals surface area contributed by atoms with Gasteiger partial charge in [-0.15, -0.1) is 10.2 Å². The number of methoxy groups -OCH3 is 1. The molecule has 3 heterocycles. The van der Waals surface area contributed by atoms with E-state index in [4.69, 9.17) is 9.15 Å². The van der Waals surface area contributed by atoms with Crippen LogP contribution in [0.3, 0.4) is 0 Å². The lowest BCUT2D eigenvalue weighted by Crippen LogP contribution is -2.29. The highest BCUT2D eigenvalue weighted by atomic mass is 16.5. The first kappa shape index (κ1) is 16.2. The zero-order valence-corrected chi connectivity index (χ0v) is 14.8. The topological polar surface area (TPSA) is 69.2 Å². The molecule has 0 radical (unpaired) electrons. The van der Waals surface area contributed by atoms with Gasteiger partial charge in [0.1, 0.15) is 5.82 Å². The zero-order chi connectivity index (χ0) is 17.4. The molecule has 0 aliphatic carbocycles. The van der Waals surface area contributed by atoms with Gasteiger partial charge in [0.25, 0.3) is 0 Å². The van der Waals surface area contributed by atoms with Crippen LogP contribution in [-0.4, -0.2) is 51.0 Å². The second kappa shape index (κ2) is 6.57. The predicted octanol–water partition coefficient (Wildman–Crippen LogP) is 2.50. The molecule has 1 aliphatic heterocycles. The van der Waals surface area contributed by atoms with Crippen molar-refractivity contribution in [3.05, 3.63) is 41.9 Å². The summed E-state index contributed by atoms with van der Waals surface area (Å²) in [5, 5.41) is 8.21.